The molecule has 2 aromatic carbocycles. The van der Waals surface area contributed by atoms with Crippen LogP contribution in [-0.2, 0) is 22.7 Å². The Morgan fingerprint density at radius 3 is 1.18 bits per heavy atom. The van der Waals surface area contributed by atoms with E-state index in [2.05, 4.69) is 76.2 Å². The zero-order valence-electron chi connectivity index (χ0n) is 14.0. The molecule has 0 saturated heterocycles. The first-order chi connectivity index (χ1) is 10.5. The first-order valence-corrected chi connectivity index (χ1v) is 7.96. The van der Waals surface area contributed by atoms with Gasteiger partial charge in [-0.25, -0.2) is 0 Å². The van der Waals surface area contributed by atoms with Gasteiger partial charge in [0.2, 0.25) is 0 Å². The van der Waals surface area contributed by atoms with E-state index >= 15 is 0 Å². The van der Waals surface area contributed by atoms with Crippen molar-refractivity contribution < 1.29 is 9.47 Å². The molecule has 0 radical (unpaired) electrons. The first-order valence-electron chi connectivity index (χ1n) is 7.96. The van der Waals surface area contributed by atoms with Gasteiger partial charge in [-0.05, 0) is 49.9 Å². The summed E-state index contributed by atoms with van der Waals surface area (Å²) in [7, 11) is 0. The largest absolute Gasteiger partial charge is 0.374 e. The summed E-state index contributed by atoms with van der Waals surface area (Å²) in [4.78, 5) is 0. The molecule has 0 spiro atoms. The molecule has 0 unspecified atom stereocenters. The molecule has 118 valence electrons. The standard InChI is InChI=1S/C20H26O2/c1-15(2)21-13-17-5-9-19(10-6-17)20-11-7-18(8-12-20)14-22-16(3)4/h5-12,15-16H,13-14H2,1-4H3. The third-order valence-corrected chi connectivity index (χ3v) is 3.41. The van der Waals surface area contributed by atoms with Gasteiger partial charge in [-0.3, -0.25) is 0 Å². The summed E-state index contributed by atoms with van der Waals surface area (Å²) in [6.45, 7) is 9.56. The molecule has 0 aliphatic heterocycles. The summed E-state index contributed by atoms with van der Waals surface area (Å²) >= 11 is 0. The molecular formula is C20H26O2. The summed E-state index contributed by atoms with van der Waals surface area (Å²) in [6.07, 6.45) is 0.528. The molecule has 0 aromatic heterocycles. The molecule has 0 N–H and O–H groups in total. The normalized spacial score (nSPS) is 11.4. The van der Waals surface area contributed by atoms with E-state index in [1.165, 1.54) is 22.3 Å². The quantitative estimate of drug-likeness (QED) is 0.699. The van der Waals surface area contributed by atoms with Crippen molar-refractivity contribution in [2.45, 2.75) is 53.1 Å². The minimum atomic E-state index is 0.264. The fraction of sp³-hybridized carbons (Fsp3) is 0.400. The van der Waals surface area contributed by atoms with Crippen molar-refractivity contribution in [3.8, 4) is 11.1 Å². The van der Waals surface area contributed by atoms with Crippen LogP contribution in [-0.4, -0.2) is 12.2 Å². The number of rotatable bonds is 7. The van der Waals surface area contributed by atoms with Gasteiger partial charge >= 0.3 is 0 Å². The lowest BCUT2D eigenvalue weighted by Crippen LogP contribution is -2.02. The van der Waals surface area contributed by atoms with E-state index in [0.717, 1.165) is 0 Å². The van der Waals surface area contributed by atoms with E-state index in [0.29, 0.717) is 13.2 Å². The van der Waals surface area contributed by atoms with Crippen LogP contribution in [0.2, 0.25) is 0 Å². The molecule has 0 fully saturated rings. The van der Waals surface area contributed by atoms with Crippen LogP contribution in [0.25, 0.3) is 11.1 Å². The highest BCUT2D eigenvalue weighted by Gasteiger charge is 2.01. The maximum absolute atomic E-state index is 5.62. The molecule has 0 amide bonds. The van der Waals surface area contributed by atoms with Crippen LogP contribution in [0.3, 0.4) is 0 Å². The number of hydrogen-bond donors (Lipinski definition) is 0. The highest BCUT2D eigenvalue weighted by molar-refractivity contribution is 5.63. The molecular weight excluding hydrogens is 272 g/mol. The predicted octanol–water partition coefficient (Wildman–Crippen LogP) is 5.20. The summed E-state index contributed by atoms with van der Waals surface area (Å²) < 4.78 is 11.2. The third-order valence-electron chi connectivity index (χ3n) is 3.41. The lowest BCUT2D eigenvalue weighted by Gasteiger charge is -2.10. The second kappa shape index (κ2) is 8.11. The Kier molecular flexibility index (Phi) is 6.17. The average Bonchev–Trinajstić information content (AvgIpc) is 2.52. The molecule has 2 heteroatoms. The van der Waals surface area contributed by atoms with Gasteiger partial charge in [-0.2, -0.15) is 0 Å². The number of benzene rings is 2. The lowest BCUT2D eigenvalue weighted by molar-refractivity contribution is 0.0655. The minimum Gasteiger partial charge on any atom is -0.374 e. The van der Waals surface area contributed by atoms with Gasteiger partial charge < -0.3 is 9.47 Å². The Balaban J connectivity index is 1.99. The van der Waals surface area contributed by atoms with Gasteiger partial charge in [-0.15, -0.1) is 0 Å². The van der Waals surface area contributed by atoms with Crippen LogP contribution in [0.4, 0.5) is 0 Å². The number of hydrogen-bond acceptors (Lipinski definition) is 2. The van der Waals surface area contributed by atoms with E-state index < -0.39 is 0 Å². The Labute approximate surface area is 134 Å². The van der Waals surface area contributed by atoms with E-state index in [9.17, 15) is 0 Å². The molecule has 2 aromatic rings. The molecule has 22 heavy (non-hydrogen) atoms. The second-order valence-corrected chi connectivity index (χ2v) is 6.11. The Hall–Kier alpha value is -1.64. The van der Waals surface area contributed by atoms with Crippen LogP contribution >= 0.6 is 0 Å². The molecule has 0 bridgehead atoms. The zero-order chi connectivity index (χ0) is 15.9. The third kappa shape index (κ3) is 5.28. The van der Waals surface area contributed by atoms with Crippen LogP contribution in [0, 0.1) is 0 Å². The highest BCUT2D eigenvalue weighted by Crippen LogP contribution is 2.21. The molecule has 0 atom stereocenters. The van der Waals surface area contributed by atoms with Crippen molar-refractivity contribution in [1.29, 1.82) is 0 Å². The lowest BCUT2D eigenvalue weighted by atomic mass is 10.0. The Morgan fingerprint density at radius 2 is 0.909 bits per heavy atom. The maximum Gasteiger partial charge on any atom is 0.0720 e. The summed E-state index contributed by atoms with van der Waals surface area (Å²) in [5.41, 5.74) is 4.87. The van der Waals surface area contributed by atoms with Gasteiger partial charge in [0.15, 0.2) is 0 Å². The summed E-state index contributed by atoms with van der Waals surface area (Å²) in [6, 6.07) is 17.1. The monoisotopic (exact) mass is 298 g/mol. The van der Waals surface area contributed by atoms with Gasteiger partial charge in [0.05, 0.1) is 25.4 Å². The van der Waals surface area contributed by atoms with Crippen LogP contribution in [0.15, 0.2) is 48.5 Å². The first kappa shape index (κ1) is 16.7. The van der Waals surface area contributed by atoms with Crippen molar-refractivity contribution in [2.75, 3.05) is 0 Å². The molecule has 0 heterocycles. The fourth-order valence-electron chi connectivity index (χ4n) is 2.11. The van der Waals surface area contributed by atoms with Gasteiger partial charge in [0, 0.05) is 0 Å². The molecule has 0 aliphatic carbocycles. The minimum absolute atomic E-state index is 0.264. The number of ether oxygens (including phenoxy) is 2. The van der Waals surface area contributed by atoms with E-state index in [4.69, 9.17) is 9.47 Å². The molecule has 2 nitrogen and oxygen atoms in total. The van der Waals surface area contributed by atoms with Crippen molar-refractivity contribution in [2.24, 2.45) is 0 Å². The molecule has 2 rings (SSSR count). The molecule has 0 aliphatic rings. The Morgan fingerprint density at radius 1 is 0.591 bits per heavy atom. The van der Waals surface area contributed by atoms with Crippen LogP contribution in [0.5, 0.6) is 0 Å². The molecule has 0 saturated carbocycles. The van der Waals surface area contributed by atoms with Gasteiger partial charge in [0.25, 0.3) is 0 Å². The summed E-state index contributed by atoms with van der Waals surface area (Å²) in [5.74, 6) is 0. The topological polar surface area (TPSA) is 18.5 Å². The van der Waals surface area contributed by atoms with Crippen molar-refractivity contribution in [1.82, 2.24) is 0 Å². The van der Waals surface area contributed by atoms with Crippen molar-refractivity contribution in [3.63, 3.8) is 0 Å². The van der Waals surface area contributed by atoms with Crippen LogP contribution < -0.4 is 0 Å². The van der Waals surface area contributed by atoms with Gasteiger partial charge in [-0.1, -0.05) is 48.5 Å². The van der Waals surface area contributed by atoms with Crippen molar-refractivity contribution in [3.05, 3.63) is 59.7 Å². The van der Waals surface area contributed by atoms with Crippen molar-refractivity contribution >= 4 is 0 Å². The smallest absolute Gasteiger partial charge is 0.0720 e. The second-order valence-electron chi connectivity index (χ2n) is 6.11. The Bertz CT molecular complexity index is 500. The predicted molar refractivity (Wildman–Crippen MR) is 91.7 cm³/mol. The SMILES string of the molecule is CC(C)OCc1ccc(-c2ccc(COC(C)C)cc2)cc1. The zero-order valence-corrected chi connectivity index (χ0v) is 14.0. The van der Waals surface area contributed by atoms with E-state index in [1.807, 2.05) is 0 Å². The van der Waals surface area contributed by atoms with Crippen LogP contribution in [0.1, 0.15) is 38.8 Å². The van der Waals surface area contributed by atoms with Gasteiger partial charge in [0.1, 0.15) is 0 Å². The summed E-state index contributed by atoms with van der Waals surface area (Å²) in [5, 5.41) is 0. The highest BCUT2D eigenvalue weighted by atomic mass is 16.5. The average molecular weight is 298 g/mol. The van der Waals surface area contributed by atoms with E-state index in [-0.39, 0.29) is 12.2 Å². The fourth-order valence-corrected chi connectivity index (χ4v) is 2.11. The van der Waals surface area contributed by atoms with E-state index in [1.54, 1.807) is 0 Å². The maximum atomic E-state index is 5.62.